The number of anilines is 1. The molecule has 0 saturated heterocycles. The van der Waals surface area contributed by atoms with Crippen molar-refractivity contribution < 1.29 is 9.90 Å². The average molecular weight is 299 g/mol. The zero-order valence-electron chi connectivity index (χ0n) is 12.8. The summed E-state index contributed by atoms with van der Waals surface area (Å²) in [5, 5.41) is 11.7. The topological polar surface area (TPSA) is 56.7 Å². The molecule has 0 saturated carbocycles. The first-order chi connectivity index (χ1) is 9.49. The number of carbonyl (C=O) groups excluding carboxylic acids is 1. The van der Waals surface area contributed by atoms with Gasteiger partial charge in [-0.15, -0.1) is 11.3 Å². The highest BCUT2D eigenvalue weighted by Crippen LogP contribution is 2.22. The second-order valence-electron chi connectivity index (χ2n) is 5.03. The number of aromatic nitrogens is 1. The number of carbonyl (C=O) groups is 1. The first-order valence-electron chi connectivity index (χ1n) is 7.07. The van der Waals surface area contributed by atoms with Crippen molar-refractivity contribution in [3.05, 3.63) is 11.1 Å². The Hall–Kier alpha value is -0.980. The molecule has 0 aliphatic heterocycles. The lowest BCUT2D eigenvalue weighted by molar-refractivity contribution is -0.116. The molecular formula is C14H25N3O2S. The molecule has 0 fully saturated rings. The van der Waals surface area contributed by atoms with Gasteiger partial charge in [0.05, 0.1) is 5.69 Å². The van der Waals surface area contributed by atoms with Crippen LogP contribution < -0.4 is 4.90 Å². The summed E-state index contributed by atoms with van der Waals surface area (Å²) in [5.74, 6) is 0.0226. The van der Waals surface area contributed by atoms with Gasteiger partial charge in [0.1, 0.15) is 0 Å². The number of thiazole rings is 1. The van der Waals surface area contributed by atoms with Crippen LogP contribution in [0.25, 0.3) is 0 Å². The van der Waals surface area contributed by atoms with Crippen LogP contribution in [0.15, 0.2) is 5.38 Å². The van der Waals surface area contributed by atoms with E-state index in [1.165, 1.54) is 11.3 Å². The fourth-order valence-corrected chi connectivity index (χ4v) is 2.91. The van der Waals surface area contributed by atoms with Crippen molar-refractivity contribution in [2.24, 2.45) is 0 Å². The van der Waals surface area contributed by atoms with Gasteiger partial charge in [0.15, 0.2) is 5.13 Å². The highest BCUT2D eigenvalue weighted by molar-refractivity contribution is 7.14. The van der Waals surface area contributed by atoms with Crippen molar-refractivity contribution in [2.75, 3.05) is 24.6 Å². The maximum absolute atomic E-state index is 11.5. The fraction of sp³-hybridized carbons (Fsp3) is 0.714. The van der Waals surface area contributed by atoms with Crippen LogP contribution in [0.3, 0.4) is 0 Å². The first kappa shape index (κ1) is 17.1. The van der Waals surface area contributed by atoms with Gasteiger partial charge < -0.3 is 5.11 Å². The molecule has 20 heavy (non-hydrogen) atoms. The molecule has 0 radical (unpaired) electrons. The maximum Gasteiger partial charge on any atom is 0.225 e. The van der Waals surface area contributed by atoms with Crippen molar-refractivity contribution in [3.8, 4) is 0 Å². The van der Waals surface area contributed by atoms with E-state index in [0.717, 1.165) is 30.3 Å². The van der Waals surface area contributed by atoms with Gasteiger partial charge in [-0.05, 0) is 27.2 Å². The minimum atomic E-state index is 0.0226. The molecular weight excluding hydrogens is 274 g/mol. The van der Waals surface area contributed by atoms with E-state index >= 15 is 0 Å². The molecule has 0 spiro atoms. The molecule has 0 bridgehead atoms. The van der Waals surface area contributed by atoms with Crippen LogP contribution in [0.4, 0.5) is 5.13 Å². The summed E-state index contributed by atoms with van der Waals surface area (Å²) < 4.78 is 0. The molecule has 0 aromatic carbocycles. The number of nitrogens with zero attached hydrogens (tertiary/aromatic N) is 3. The molecule has 0 atom stereocenters. The summed E-state index contributed by atoms with van der Waals surface area (Å²) in [6.07, 6.45) is 0.768. The molecule has 1 amide bonds. The predicted molar refractivity (Wildman–Crippen MR) is 83.1 cm³/mol. The third-order valence-corrected chi connectivity index (χ3v) is 4.08. The van der Waals surface area contributed by atoms with Gasteiger partial charge in [-0.2, -0.15) is 0 Å². The lowest BCUT2D eigenvalue weighted by atomic mass is 10.2. The van der Waals surface area contributed by atoms with E-state index in [4.69, 9.17) is 5.11 Å². The Labute approximate surface area is 125 Å². The minimum absolute atomic E-state index is 0.0226. The molecule has 1 heterocycles. The number of hydrogen-bond donors (Lipinski definition) is 1. The number of amides is 1. The van der Waals surface area contributed by atoms with Gasteiger partial charge in [0.25, 0.3) is 0 Å². The van der Waals surface area contributed by atoms with Gasteiger partial charge >= 0.3 is 0 Å². The highest BCUT2D eigenvalue weighted by atomic mass is 32.1. The molecule has 0 aliphatic rings. The van der Waals surface area contributed by atoms with Crippen LogP contribution in [0, 0.1) is 0 Å². The zero-order chi connectivity index (χ0) is 15.1. The molecule has 0 aliphatic carbocycles. The van der Waals surface area contributed by atoms with Gasteiger partial charge in [0, 0.05) is 44.6 Å². The highest BCUT2D eigenvalue weighted by Gasteiger charge is 2.16. The SMILES string of the molecule is CCN(C(C)=O)c1nc(CN(CCCO)C(C)C)cs1. The standard InChI is InChI=1S/C14H25N3O2S/c1-5-17(12(4)19)14-15-13(10-20-14)9-16(11(2)3)7-6-8-18/h10-11,18H,5-9H2,1-4H3. The maximum atomic E-state index is 11.5. The lowest BCUT2D eigenvalue weighted by Gasteiger charge is -2.25. The molecule has 5 nitrogen and oxygen atoms in total. The largest absolute Gasteiger partial charge is 0.396 e. The van der Waals surface area contributed by atoms with Gasteiger partial charge in [-0.1, -0.05) is 0 Å². The van der Waals surface area contributed by atoms with Crippen molar-refractivity contribution in [1.82, 2.24) is 9.88 Å². The molecule has 6 heteroatoms. The molecule has 0 unspecified atom stereocenters. The van der Waals surface area contributed by atoms with Crippen LogP contribution in [-0.4, -0.2) is 46.6 Å². The molecule has 114 valence electrons. The van der Waals surface area contributed by atoms with Crippen LogP contribution >= 0.6 is 11.3 Å². The lowest BCUT2D eigenvalue weighted by Crippen LogP contribution is -2.32. The smallest absolute Gasteiger partial charge is 0.225 e. The first-order valence-corrected chi connectivity index (χ1v) is 7.95. The molecule has 1 aromatic rings. The quantitative estimate of drug-likeness (QED) is 0.799. The number of aliphatic hydroxyl groups excluding tert-OH is 1. The number of rotatable bonds is 8. The zero-order valence-corrected chi connectivity index (χ0v) is 13.6. The summed E-state index contributed by atoms with van der Waals surface area (Å²) in [6, 6.07) is 0.404. The Balaban J connectivity index is 2.72. The van der Waals surface area contributed by atoms with Gasteiger partial charge in [0.2, 0.25) is 5.91 Å². The van der Waals surface area contributed by atoms with Crippen molar-refractivity contribution in [1.29, 1.82) is 0 Å². The van der Waals surface area contributed by atoms with E-state index in [1.54, 1.807) is 11.8 Å². The van der Waals surface area contributed by atoms with Crippen LogP contribution in [0.2, 0.25) is 0 Å². The fourth-order valence-electron chi connectivity index (χ4n) is 1.99. The second kappa shape index (κ2) is 8.34. The number of aliphatic hydroxyl groups is 1. The number of hydrogen-bond acceptors (Lipinski definition) is 5. The Morgan fingerprint density at radius 1 is 1.50 bits per heavy atom. The van der Waals surface area contributed by atoms with E-state index in [2.05, 4.69) is 23.7 Å². The molecule has 1 aromatic heterocycles. The summed E-state index contributed by atoms with van der Waals surface area (Å²) in [5.41, 5.74) is 0.983. The van der Waals surface area contributed by atoms with E-state index in [1.807, 2.05) is 12.3 Å². The van der Waals surface area contributed by atoms with Gasteiger partial charge in [-0.25, -0.2) is 4.98 Å². The molecule has 1 rings (SSSR count). The summed E-state index contributed by atoms with van der Waals surface area (Å²) in [7, 11) is 0. The normalized spacial score (nSPS) is 11.3. The summed E-state index contributed by atoms with van der Waals surface area (Å²) in [4.78, 5) is 20.0. The molecule has 1 N–H and O–H groups in total. The minimum Gasteiger partial charge on any atom is -0.396 e. The Morgan fingerprint density at radius 2 is 2.20 bits per heavy atom. The average Bonchev–Trinajstić information content (AvgIpc) is 2.83. The Morgan fingerprint density at radius 3 is 2.70 bits per heavy atom. The monoisotopic (exact) mass is 299 g/mol. The van der Waals surface area contributed by atoms with Crippen LogP contribution in [-0.2, 0) is 11.3 Å². The third-order valence-electron chi connectivity index (χ3n) is 3.17. The van der Waals surface area contributed by atoms with E-state index < -0.39 is 0 Å². The van der Waals surface area contributed by atoms with Crippen LogP contribution in [0.1, 0.15) is 39.8 Å². The third kappa shape index (κ3) is 4.85. The van der Waals surface area contributed by atoms with E-state index in [0.29, 0.717) is 12.6 Å². The van der Waals surface area contributed by atoms with Gasteiger partial charge in [-0.3, -0.25) is 14.6 Å². The predicted octanol–water partition coefficient (Wildman–Crippen LogP) is 2.11. The van der Waals surface area contributed by atoms with E-state index in [9.17, 15) is 4.79 Å². The Kier molecular flexibility index (Phi) is 7.12. The Bertz CT molecular complexity index is 420. The second-order valence-corrected chi connectivity index (χ2v) is 5.86. The van der Waals surface area contributed by atoms with E-state index in [-0.39, 0.29) is 12.5 Å². The van der Waals surface area contributed by atoms with Crippen molar-refractivity contribution in [2.45, 2.75) is 46.7 Å². The van der Waals surface area contributed by atoms with Crippen molar-refractivity contribution in [3.63, 3.8) is 0 Å². The van der Waals surface area contributed by atoms with Crippen LogP contribution in [0.5, 0.6) is 0 Å². The summed E-state index contributed by atoms with van der Waals surface area (Å²) >= 11 is 1.51. The summed E-state index contributed by atoms with van der Waals surface area (Å²) in [6.45, 7) is 10.2. The van der Waals surface area contributed by atoms with Crippen molar-refractivity contribution >= 4 is 22.4 Å².